The van der Waals surface area contributed by atoms with Gasteiger partial charge in [-0.25, -0.2) is 9.29 Å². The topological polar surface area (TPSA) is 49.4 Å². The third-order valence-electron chi connectivity index (χ3n) is 4.86. The molecule has 144 valence electrons. The first-order valence-corrected chi connectivity index (χ1v) is 9.24. The van der Waals surface area contributed by atoms with E-state index in [-0.39, 0.29) is 11.5 Å². The van der Waals surface area contributed by atoms with Crippen molar-refractivity contribution in [3.63, 3.8) is 0 Å². The van der Waals surface area contributed by atoms with Crippen LogP contribution in [0.1, 0.15) is 16.7 Å². The van der Waals surface area contributed by atoms with E-state index in [1.54, 1.807) is 24.3 Å². The Balaban J connectivity index is 1.85. The summed E-state index contributed by atoms with van der Waals surface area (Å²) in [6.07, 6.45) is 0. The van der Waals surface area contributed by atoms with Crippen LogP contribution in [0.25, 0.3) is 5.57 Å². The van der Waals surface area contributed by atoms with Gasteiger partial charge < -0.3 is 5.32 Å². The van der Waals surface area contributed by atoms with Crippen LogP contribution < -0.4 is 10.2 Å². The van der Waals surface area contributed by atoms with E-state index in [1.807, 2.05) is 38.1 Å². The van der Waals surface area contributed by atoms with Crippen molar-refractivity contribution in [1.82, 2.24) is 0 Å². The molecular formula is C24H19FN2O2. The van der Waals surface area contributed by atoms with Gasteiger partial charge in [0.2, 0.25) is 0 Å². The number of anilines is 2. The van der Waals surface area contributed by atoms with Crippen molar-refractivity contribution in [2.75, 3.05) is 10.2 Å². The third-order valence-corrected chi connectivity index (χ3v) is 4.86. The standard InChI is InChI=1S/C24H19FN2O2/c1-15-8-13-20(16(2)14-15)21-22(26-18-11-9-17(25)10-12-18)24(29)27(23(21)28)19-6-4-3-5-7-19/h3-14,26H,1-2H3. The van der Waals surface area contributed by atoms with Crippen LogP contribution in [0.2, 0.25) is 0 Å². The quantitative estimate of drug-likeness (QED) is 0.653. The van der Waals surface area contributed by atoms with E-state index < -0.39 is 11.8 Å². The number of imide groups is 1. The first-order valence-electron chi connectivity index (χ1n) is 9.24. The number of hydrogen-bond acceptors (Lipinski definition) is 3. The Bertz CT molecular complexity index is 1140. The molecule has 4 nitrogen and oxygen atoms in total. The lowest BCUT2D eigenvalue weighted by Gasteiger charge is -2.15. The molecule has 0 atom stereocenters. The fourth-order valence-corrected chi connectivity index (χ4v) is 3.48. The summed E-state index contributed by atoms with van der Waals surface area (Å²) < 4.78 is 13.3. The fraction of sp³-hybridized carbons (Fsp3) is 0.0833. The summed E-state index contributed by atoms with van der Waals surface area (Å²) in [4.78, 5) is 27.8. The zero-order valence-electron chi connectivity index (χ0n) is 16.1. The first-order chi connectivity index (χ1) is 14.0. The lowest BCUT2D eigenvalue weighted by Crippen LogP contribution is -2.32. The molecule has 1 aliphatic heterocycles. The van der Waals surface area contributed by atoms with Crippen LogP contribution in [0.3, 0.4) is 0 Å². The van der Waals surface area contributed by atoms with Crippen LogP contribution in [0.5, 0.6) is 0 Å². The summed E-state index contributed by atoms with van der Waals surface area (Å²) in [5.74, 6) is -1.21. The number of para-hydroxylation sites is 1. The average Bonchev–Trinajstić information content (AvgIpc) is 2.94. The molecule has 0 spiro atoms. The van der Waals surface area contributed by atoms with Gasteiger partial charge in [-0.05, 0) is 61.4 Å². The minimum atomic E-state index is -0.444. The highest BCUT2D eigenvalue weighted by Gasteiger charge is 2.40. The lowest BCUT2D eigenvalue weighted by atomic mass is 9.97. The van der Waals surface area contributed by atoms with Crippen molar-refractivity contribution >= 4 is 28.8 Å². The van der Waals surface area contributed by atoms with Gasteiger partial charge in [-0.3, -0.25) is 9.59 Å². The number of amides is 2. The molecule has 0 aliphatic carbocycles. The van der Waals surface area contributed by atoms with E-state index in [0.717, 1.165) is 11.1 Å². The van der Waals surface area contributed by atoms with Gasteiger partial charge in [-0.1, -0.05) is 42.0 Å². The summed E-state index contributed by atoms with van der Waals surface area (Å²) in [7, 11) is 0. The Labute approximate surface area is 168 Å². The van der Waals surface area contributed by atoms with Gasteiger partial charge in [0, 0.05) is 5.69 Å². The van der Waals surface area contributed by atoms with E-state index in [2.05, 4.69) is 5.32 Å². The number of rotatable bonds is 4. The second-order valence-electron chi connectivity index (χ2n) is 6.98. The number of nitrogens with zero attached hydrogens (tertiary/aromatic N) is 1. The molecule has 4 rings (SSSR count). The molecule has 2 amide bonds. The predicted octanol–water partition coefficient (Wildman–Crippen LogP) is 4.84. The molecule has 1 aliphatic rings. The molecule has 0 bridgehead atoms. The maximum atomic E-state index is 13.4. The monoisotopic (exact) mass is 386 g/mol. The van der Waals surface area contributed by atoms with Gasteiger partial charge in [-0.2, -0.15) is 0 Å². The van der Waals surface area contributed by atoms with Crippen molar-refractivity contribution in [2.24, 2.45) is 0 Å². The highest BCUT2D eigenvalue weighted by molar-refractivity contribution is 6.46. The number of halogens is 1. The van der Waals surface area contributed by atoms with Crippen LogP contribution in [0.4, 0.5) is 15.8 Å². The van der Waals surface area contributed by atoms with Crippen LogP contribution in [0.15, 0.2) is 78.5 Å². The number of carbonyl (C=O) groups excluding carboxylic acids is 2. The number of aryl methyl sites for hydroxylation is 2. The molecule has 29 heavy (non-hydrogen) atoms. The highest BCUT2D eigenvalue weighted by Crippen LogP contribution is 2.35. The van der Waals surface area contributed by atoms with E-state index in [9.17, 15) is 14.0 Å². The van der Waals surface area contributed by atoms with Gasteiger partial charge in [0.25, 0.3) is 11.8 Å². The molecule has 0 fully saturated rings. The smallest absolute Gasteiger partial charge is 0.282 e. The normalized spacial score (nSPS) is 14.0. The Hall–Kier alpha value is -3.73. The van der Waals surface area contributed by atoms with E-state index in [0.29, 0.717) is 22.5 Å². The maximum absolute atomic E-state index is 13.4. The van der Waals surface area contributed by atoms with Gasteiger partial charge in [-0.15, -0.1) is 0 Å². The van der Waals surface area contributed by atoms with Gasteiger partial charge in [0.05, 0.1) is 11.3 Å². The molecule has 3 aromatic carbocycles. The largest absolute Gasteiger partial charge is 0.350 e. The molecule has 3 aromatic rings. The van der Waals surface area contributed by atoms with E-state index >= 15 is 0 Å². The summed E-state index contributed by atoms with van der Waals surface area (Å²) in [5.41, 5.74) is 4.17. The van der Waals surface area contributed by atoms with Crippen molar-refractivity contribution in [3.8, 4) is 0 Å². The number of benzene rings is 3. The summed E-state index contributed by atoms with van der Waals surface area (Å²) >= 11 is 0. The van der Waals surface area contributed by atoms with Crippen LogP contribution >= 0.6 is 0 Å². The Morgan fingerprint density at radius 3 is 2.17 bits per heavy atom. The molecule has 5 heteroatoms. The zero-order valence-corrected chi connectivity index (χ0v) is 16.1. The number of hydrogen-bond donors (Lipinski definition) is 1. The van der Waals surface area contributed by atoms with Crippen molar-refractivity contribution < 1.29 is 14.0 Å². The van der Waals surface area contributed by atoms with Crippen molar-refractivity contribution in [3.05, 3.63) is 101 Å². The van der Waals surface area contributed by atoms with Gasteiger partial charge >= 0.3 is 0 Å². The Morgan fingerprint density at radius 2 is 1.52 bits per heavy atom. The highest BCUT2D eigenvalue weighted by atomic mass is 19.1. The molecule has 0 unspecified atom stereocenters. The van der Waals surface area contributed by atoms with E-state index in [1.165, 1.54) is 29.2 Å². The van der Waals surface area contributed by atoms with Crippen LogP contribution in [0, 0.1) is 19.7 Å². The minimum absolute atomic E-state index is 0.178. The third kappa shape index (κ3) is 3.43. The summed E-state index contributed by atoms with van der Waals surface area (Å²) in [5, 5.41) is 3.04. The van der Waals surface area contributed by atoms with E-state index in [4.69, 9.17) is 0 Å². The first kappa shape index (κ1) is 18.6. The van der Waals surface area contributed by atoms with Crippen LogP contribution in [-0.4, -0.2) is 11.8 Å². The van der Waals surface area contributed by atoms with Crippen LogP contribution in [-0.2, 0) is 9.59 Å². The van der Waals surface area contributed by atoms with Crippen molar-refractivity contribution in [2.45, 2.75) is 13.8 Å². The molecule has 1 N–H and O–H groups in total. The molecule has 0 saturated heterocycles. The summed E-state index contributed by atoms with van der Waals surface area (Å²) in [6.45, 7) is 3.88. The fourth-order valence-electron chi connectivity index (χ4n) is 3.48. The zero-order chi connectivity index (χ0) is 20.5. The maximum Gasteiger partial charge on any atom is 0.282 e. The SMILES string of the molecule is Cc1ccc(C2=C(Nc3ccc(F)cc3)C(=O)N(c3ccccc3)C2=O)c(C)c1. The number of nitrogens with one attached hydrogen (secondary N) is 1. The van der Waals surface area contributed by atoms with Gasteiger partial charge in [0.15, 0.2) is 0 Å². The van der Waals surface area contributed by atoms with Crippen molar-refractivity contribution in [1.29, 1.82) is 0 Å². The molecular weight excluding hydrogens is 367 g/mol. The second-order valence-corrected chi connectivity index (χ2v) is 6.98. The minimum Gasteiger partial charge on any atom is -0.350 e. The summed E-state index contributed by atoms with van der Waals surface area (Å²) in [6, 6.07) is 20.2. The molecule has 0 aromatic heterocycles. The van der Waals surface area contributed by atoms with Gasteiger partial charge in [0.1, 0.15) is 11.5 Å². The Kier molecular flexibility index (Phi) is 4.72. The lowest BCUT2D eigenvalue weighted by molar-refractivity contribution is -0.120. The average molecular weight is 386 g/mol. The predicted molar refractivity (Wildman–Crippen MR) is 112 cm³/mol. The molecule has 0 radical (unpaired) electrons. The Morgan fingerprint density at radius 1 is 0.828 bits per heavy atom. The number of carbonyl (C=O) groups is 2. The molecule has 1 heterocycles. The molecule has 0 saturated carbocycles. The second kappa shape index (κ2) is 7.36.